The zero-order valence-electron chi connectivity index (χ0n) is 13.1. The van der Waals surface area contributed by atoms with Crippen molar-refractivity contribution < 1.29 is 8.78 Å². The van der Waals surface area contributed by atoms with Crippen molar-refractivity contribution in [2.45, 2.75) is 47.0 Å². The molecule has 3 heteroatoms. The van der Waals surface area contributed by atoms with Crippen LogP contribution in [-0.2, 0) is 6.42 Å². The molecule has 0 aliphatic heterocycles. The summed E-state index contributed by atoms with van der Waals surface area (Å²) in [5.41, 5.74) is 0.764. The molecule has 0 aliphatic carbocycles. The first-order valence-electron chi connectivity index (χ1n) is 7.45. The van der Waals surface area contributed by atoms with E-state index in [-0.39, 0.29) is 5.41 Å². The van der Waals surface area contributed by atoms with Gasteiger partial charge in [-0.2, -0.15) is 0 Å². The van der Waals surface area contributed by atoms with Crippen LogP contribution in [0.2, 0.25) is 0 Å². The van der Waals surface area contributed by atoms with Gasteiger partial charge in [0.25, 0.3) is 0 Å². The van der Waals surface area contributed by atoms with Gasteiger partial charge in [0.15, 0.2) is 0 Å². The average molecular weight is 283 g/mol. The lowest BCUT2D eigenvalue weighted by Crippen LogP contribution is -2.25. The Hall–Kier alpha value is -0.960. The van der Waals surface area contributed by atoms with Gasteiger partial charge < -0.3 is 5.32 Å². The van der Waals surface area contributed by atoms with Gasteiger partial charge in [0.2, 0.25) is 0 Å². The van der Waals surface area contributed by atoms with Gasteiger partial charge in [-0.1, -0.05) is 33.8 Å². The predicted octanol–water partition coefficient (Wildman–Crippen LogP) is 4.56. The van der Waals surface area contributed by atoms with E-state index < -0.39 is 11.6 Å². The molecule has 0 aromatic heterocycles. The fourth-order valence-electron chi connectivity index (χ4n) is 2.14. The molecule has 0 saturated heterocycles. The van der Waals surface area contributed by atoms with Crippen LogP contribution in [0.5, 0.6) is 0 Å². The van der Waals surface area contributed by atoms with Gasteiger partial charge >= 0.3 is 0 Å². The molecule has 0 spiro atoms. The van der Waals surface area contributed by atoms with Gasteiger partial charge in [-0.15, -0.1) is 0 Å². The molecule has 0 heterocycles. The first kappa shape index (κ1) is 17.1. The molecule has 0 bridgehead atoms. The molecule has 1 nitrogen and oxygen atoms in total. The molecule has 1 N–H and O–H groups in total. The Morgan fingerprint density at radius 2 is 1.85 bits per heavy atom. The molecule has 114 valence electrons. The standard InChI is InChI=1S/C17H27F2N/c1-13(2)12-20-10-9-17(3,4)8-7-14-5-6-15(18)11-16(14)19/h5-6,11,13,20H,7-10,12H2,1-4H3. The lowest BCUT2D eigenvalue weighted by atomic mass is 9.83. The monoisotopic (exact) mass is 283 g/mol. The van der Waals surface area contributed by atoms with Crippen LogP contribution in [0.3, 0.4) is 0 Å². The number of nitrogens with one attached hydrogen (secondary N) is 1. The summed E-state index contributed by atoms with van der Waals surface area (Å²) in [4.78, 5) is 0. The van der Waals surface area contributed by atoms with Crippen LogP contribution in [0.4, 0.5) is 8.78 Å². The second kappa shape index (κ2) is 7.72. The second-order valence-corrected chi connectivity index (χ2v) is 6.75. The summed E-state index contributed by atoms with van der Waals surface area (Å²) in [5, 5.41) is 3.43. The molecule has 0 saturated carbocycles. The molecule has 0 radical (unpaired) electrons. The molecular weight excluding hydrogens is 256 g/mol. The quantitative estimate of drug-likeness (QED) is 0.690. The largest absolute Gasteiger partial charge is 0.316 e. The summed E-state index contributed by atoms with van der Waals surface area (Å²) in [7, 11) is 0. The van der Waals surface area contributed by atoms with Crippen molar-refractivity contribution in [3.05, 3.63) is 35.4 Å². The zero-order chi connectivity index (χ0) is 15.2. The number of hydrogen-bond donors (Lipinski definition) is 1. The van der Waals surface area contributed by atoms with Crippen molar-refractivity contribution >= 4 is 0 Å². The van der Waals surface area contributed by atoms with Crippen molar-refractivity contribution in [1.29, 1.82) is 0 Å². The minimum Gasteiger partial charge on any atom is -0.316 e. The summed E-state index contributed by atoms with van der Waals surface area (Å²) < 4.78 is 26.4. The highest BCUT2D eigenvalue weighted by Crippen LogP contribution is 2.27. The number of halogens is 2. The van der Waals surface area contributed by atoms with Crippen molar-refractivity contribution in [1.82, 2.24) is 5.32 Å². The van der Waals surface area contributed by atoms with Crippen molar-refractivity contribution in [2.24, 2.45) is 11.3 Å². The first-order valence-corrected chi connectivity index (χ1v) is 7.45. The van der Waals surface area contributed by atoms with E-state index in [0.717, 1.165) is 32.0 Å². The van der Waals surface area contributed by atoms with Crippen LogP contribution < -0.4 is 5.32 Å². The maximum absolute atomic E-state index is 13.6. The Labute approximate surface area is 121 Å². The van der Waals surface area contributed by atoms with E-state index in [4.69, 9.17) is 0 Å². The minimum atomic E-state index is -0.511. The van der Waals surface area contributed by atoms with Crippen LogP contribution in [0.15, 0.2) is 18.2 Å². The summed E-state index contributed by atoms with van der Waals surface area (Å²) in [6.07, 6.45) is 2.62. The number of benzene rings is 1. The molecule has 0 fully saturated rings. The Bertz CT molecular complexity index is 413. The van der Waals surface area contributed by atoms with Gasteiger partial charge in [-0.05, 0) is 55.3 Å². The Morgan fingerprint density at radius 1 is 1.15 bits per heavy atom. The van der Waals surface area contributed by atoms with Crippen LogP contribution in [-0.4, -0.2) is 13.1 Å². The zero-order valence-corrected chi connectivity index (χ0v) is 13.1. The molecule has 1 aromatic carbocycles. The molecule has 1 rings (SSSR count). The number of aryl methyl sites for hydroxylation is 1. The maximum atomic E-state index is 13.6. The SMILES string of the molecule is CC(C)CNCCC(C)(C)CCc1ccc(F)cc1F. The van der Waals surface area contributed by atoms with Gasteiger partial charge in [0, 0.05) is 6.07 Å². The smallest absolute Gasteiger partial charge is 0.129 e. The summed E-state index contributed by atoms with van der Waals surface area (Å²) in [6, 6.07) is 3.85. The molecule has 0 atom stereocenters. The van der Waals surface area contributed by atoms with Crippen molar-refractivity contribution in [3.63, 3.8) is 0 Å². The van der Waals surface area contributed by atoms with Crippen LogP contribution in [0, 0.1) is 23.0 Å². The Balaban J connectivity index is 2.38. The molecular formula is C17H27F2N. The van der Waals surface area contributed by atoms with Crippen molar-refractivity contribution in [2.75, 3.05) is 13.1 Å². The number of hydrogen-bond acceptors (Lipinski definition) is 1. The minimum absolute atomic E-state index is 0.158. The summed E-state index contributed by atoms with van der Waals surface area (Å²) >= 11 is 0. The van der Waals surface area contributed by atoms with Crippen LogP contribution in [0.1, 0.15) is 46.1 Å². The van der Waals surface area contributed by atoms with Gasteiger partial charge in [-0.25, -0.2) is 8.78 Å². The number of rotatable bonds is 8. The molecule has 1 aromatic rings. The van der Waals surface area contributed by atoms with Crippen molar-refractivity contribution in [3.8, 4) is 0 Å². The maximum Gasteiger partial charge on any atom is 0.129 e. The third kappa shape index (κ3) is 6.47. The highest BCUT2D eigenvalue weighted by Gasteiger charge is 2.18. The average Bonchev–Trinajstić information content (AvgIpc) is 2.33. The third-order valence-corrected chi connectivity index (χ3v) is 3.62. The van der Waals surface area contributed by atoms with E-state index in [1.54, 1.807) is 6.07 Å². The highest BCUT2D eigenvalue weighted by atomic mass is 19.1. The Kier molecular flexibility index (Phi) is 6.60. The lowest BCUT2D eigenvalue weighted by molar-refractivity contribution is 0.298. The normalized spacial score (nSPS) is 12.2. The Morgan fingerprint density at radius 3 is 2.45 bits per heavy atom. The fraction of sp³-hybridized carbons (Fsp3) is 0.647. The van der Waals surface area contributed by atoms with E-state index in [9.17, 15) is 8.78 Å². The molecule has 0 aliphatic rings. The third-order valence-electron chi connectivity index (χ3n) is 3.62. The molecule has 0 unspecified atom stereocenters. The topological polar surface area (TPSA) is 12.0 Å². The van der Waals surface area contributed by atoms with Gasteiger partial charge in [0.05, 0.1) is 0 Å². The molecule has 20 heavy (non-hydrogen) atoms. The van der Waals surface area contributed by atoms with Crippen LogP contribution in [0.25, 0.3) is 0 Å². The summed E-state index contributed by atoms with van der Waals surface area (Å²) in [6.45, 7) is 10.8. The predicted molar refractivity (Wildman–Crippen MR) is 80.8 cm³/mol. The van der Waals surface area contributed by atoms with E-state index >= 15 is 0 Å². The van der Waals surface area contributed by atoms with E-state index in [1.165, 1.54) is 6.07 Å². The van der Waals surface area contributed by atoms with E-state index in [2.05, 4.69) is 33.0 Å². The fourth-order valence-corrected chi connectivity index (χ4v) is 2.14. The lowest BCUT2D eigenvalue weighted by Gasteiger charge is -2.25. The second-order valence-electron chi connectivity index (χ2n) is 6.75. The van der Waals surface area contributed by atoms with E-state index in [1.807, 2.05) is 0 Å². The highest BCUT2D eigenvalue weighted by molar-refractivity contribution is 5.18. The first-order chi connectivity index (χ1) is 9.30. The van der Waals surface area contributed by atoms with E-state index in [0.29, 0.717) is 17.9 Å². The summed E-state index contributed by atoms with van der Waals surface area (Å²) in [5.74, 6) is -0.284. The van der Waals surface area contributed by atoms with Gasteiger partial charge in [0.1, 0.15) is 11.6 Å². The van der Waals surface area contributed by atoms with Crippen LogP contribution >= 0.6 is 0 Å². The molecule has 0 amide bonds. The van der Waals surface area contributed by atoms with Gasteiger partial charge in [-0.3, -0.25) is 0 Å².